The molecule has 0 saturated carbocycles. The quantitative estimate of drug-likeness (QED) is 0.321. The molecule has 0 atom stereocenters. The average Bonchev–Trinajstić information content (AvgIpc) is 3.11. The zero-order valence-corrected chi connectivity index (χ0v) is 18.1. The minimum absolute atomic E-state index is 0.375. The lowest BCUT2D eigenvalue weighted by molar-refractivity contribution is 0.302. The molecule has 0 spiro atoms. The zero-order valence-electron chi connectivity index (χ0n) is 13.4. The summed E-state index contributed by atoms with van der Waals surface area (Å²) in [4.78, 5) is 4.38. The fourth-order valence-corrected chi connectivity index (χ4v) is 3.99. The maximum Gasteiger partial charge on any atom is 0.148 e. The summed E-state index contributed by atoms with van der Waals surface area (Å²) >= 11 is 19.1. The standard InChI is InChI=1S/C19H13Br2Cl2NO2/c20-15-6-13(9-24-10-14-2-1-5-25-14)7-16(21)19(15)26-11-12-3-4-17(22)18(23)8-12/h1-9H,10-11H2/b24-9-. The van der Waals surface area contributed by atoms with E-state index < -0.39 is 0 Å². The smallest absolute Gasteiger partial charge is 0.148 e. The molecule has 3 aromatic rings. The molecule has 0 aliphatic heterocycles. The monoisotopic (exact) mass is 515 g/mol. The number of aliphatic imine (C=N–C) groups is 1. The molecule has 1 aromatic heterocycles. The highest BCUT2D eigenvalue weighted by Gasteiger charge is 2.09. The molecule has 2 aromatic carbocycles. The van der Waals surface area contributed by atoms with Crippen LogP contribution in [0.2, 0.25) is 10.0 Å². The third kappa shape index (κ3) is 5.13. The highest BCUT2D eigenvalue weighted by Crippen LogP contribution is 2.35. The third-order valence-electron chi connectivity index (χ3n) is 3.46. The van der Waals surface area contributed by atoms with E-state index in [1.54, 1.807) is 24.6 Å². The lowest BCUT2D eigenvalue weighted by Gasteiger charge is -2.12. The average molecular weight is 518 g/mol. The summed E-state index contributed by atoms with van der Waals surface area (Å²) < 4.78 is 12.8. The van der Waals surface area contributed by atoms with Gasteiger partial charge in [0.1, 0.15) is 18.1 Å². The Hall–Kier alpha value is -1.27. The van der Waals surface area contributed by atoms with Gasteiger partial charge < -0.3 is 9.15 Å². The van der Waals surface area contributed by atoms with Crippen LogP contribution in [-0.2, 0) is 13.2 Å². The van der Waals surface area contributed by atoms with Crippen molar-refractivity contribution in [3.8, 4) is 5.75 Å². The number of ether oxygens (including phenoxy) is 1. The molecule has 0 aliphatic carbocycles. The molecule has 3 rings (SSSR count). The van der Waals surface area contributed by atoms with Crippen LogP contribution in [0.4, 0.5) is 0 Å². The fraction of sp³-hybridized carbons (Fsp3) is 0.105. The van der Waals surface area contributed by atoms with Gasteiger partial charge in [0, 0.05) is 6.21 Å². The second kappa shape index (κ2) is 9.09. The number of rotatable bonds is 6. The van der Waals surface area contributed by atoms with Crippen LogP contribution in [0.1, 0.15) is 16.9 Å². The summed E-state index contributed by atoms with van der Waals surface area (Å²) in [7, 11) is 0. The van der Waals surface area contributed by atoms with E-state index in [0.29, 0.717) is 28.9 Å². The Labute approximate surface area is 178 Å². The van der Waals surface area contributed by atoms with Crippen molar-refractivity contribution in [3.63, 3.8) is 0 Å². The molecule has 7 heteroatoms. The maximum absolute atomic E-state index is 6.04. The zero-order chi connectivity index (χ0) is 18.5. The van der Waals surface area contributed by atoms with Crippen LogP contribution in [0.3, 0.4) is 0 Å². The molecular weight excluding hydrogens is 505 g/mol. The number of halogens is 4. The third-order valence-corrected chi connectivity index (χ3v) is 5.37. The fourth-order valence-electron chi connectivity index (χ4n) is 2.22. The first-order chi connectivity index (χ1) is 12.5. The molecule has 0 unspecified atom stereocenters. The number of hydrogen-bond donors (Lipinski definition) is 0. The molecule has 0 bridgehead atoms. The Morgan fingerprint density at radius 3 is 2.46 bits per heavy atom. The molecule has 3 nitrogen and oxygen atoms in total. The predicted octanol–water partition coefficient (Wildman–Crippen LogP) is 7.31. The van der Waals surface area contributed by atoms with Gasteiger partial charge in [0.15, 0.2) is 0 Å². The Morgan fingerprint density at radius 2 is 1.81 bits per heavy atom. The van der Waals surface area contributed by atoms with E-state index >= 15 is 0 Å². The number of benzene rings is 2. The van der Waals surface area contributed by atoms with Crippen molar-refractivity contribution >= 4 is 61.3 Å². The Balaban J connectivity index is 1.68. The second-order valence-corrected chi connectivity index (χ2v) is 7.92. The van der Waals surface area contributed by atoms with Gasteiger partial charge in [-0.1, -0.05) is 29.3 Å². The molecule has 0 N–H and O–H groups in total. The second-order valence-electron chi connectivity index (χ2n) is 5.40. The number of nitrogens with zero attached hydrogens (tertiary/aromatic N) is 1. The minimum Gasteiger partial charge on any atom is -0.487 e. The molecule has 0 radical (unpaired) electrons. The van der Waals surface area contributed by atoms with Gasteiger partial charge in [0.2, 0.25) is 0 Å². The van der Waals surface area contributed by atoms with Gasteiger partial charge >= 0.3 is 0 Å². The van der Waals surface area contributed by atoms with E-state index in [1.165, 1.54) is 0 Å². The topological polar surface area (TPSA) is 34.7 Å². The van der Waals surface area contributed by atoms with Gasteiger partial charge in [0.25, 0.3) is 0 Å². The molecular formula is C19H13Br2Cl2NO2. The summed E-state index contributed by atoms with van der Waals surface area (Å²) in [5, 5.41) is 1.03. The molecule has 0 aliphatic rings. The Kier molecular flexibility index (Phi) is 6.81. The maximum atomic E-state index is 6.04. The van der Waals surface area contributed by atoms with Crippen LogP contribution in [-0.4, -0.2) is 6.21 Å². The summed E-state index contributed by atoms with van der Waals surface area (Å²) in [6, 6.07) is 13.1. The van der Waals surface area contributed by atoms with Gasteiger partial charge in [-0.05, 0) is 79.4 Å². The van der Waals surface area contributed by atoms with Gasteiger partial charge in [-0.3, -0.25) is 4.99 Å². The van der Waals surface area contributed by atoms with Crippen molar-refractivity contribution in [2.24, 2.45) is 4.99 Å². The van der Waals surface area contributed by atoms with Crippen molar-refractivity contribution in [1.82, 2.24) is 0 Å². The SMILES string of the molecule is Clc1ccc(COc2c(Br)cc(/C=N\Cc3ccco3)cc2Br)cc1Cl. The van der Waals surface area contributed by atoms with E-state index in [2.05, 4.69) is 36.9 Å². The van der Waals surface area contributed by atoms with Crippen molar-refractivity contribution in [3.05, 3.63) is 84.6 Å². The van der Waals surface area contributed by atoms with Crippen molar-refractivity contribution < 1.29 is 9.15 Å². The van der Waals surface area contributed by atoms with Crippen molar-refractivity contribution in [2.75, 3.05) is 0 Å². The van der Waals surface area contributed by atoms with E-state index in [-0.39, 0.29) is 0 Å². The number of furan rings is 1. The highest BCUT2D eigenvalue weighted by atomic mass is 79.9. The van der Waals surface area contributed by atoms with Crippen molar-refractivity contribution in [1.29, 1.82) is 0 Å². The van der Waals surface area contributed by atoms with E-state index in [0.717, 1.165) is 25.8 Å². The first kappa shape index (κ1) is 19.5. The highest BCUT2D eigenvalue weighted by molar-refractivity contribution is 9.11. The van der Waals surface area contributed by atoms with E-state index in [4.69, 9.17) is 32.4 Å². The lowest BCUT2D eigenvalue weighted by atomic mass is 10.2. The first-order valence-electron chi connectivity index (χ1n) is 7.61. The first-order valence-corrected chi connectivity index (χ1v) is 9.95. The van der Waals surface area contributed by atoms with Crippen LogP contribution in [0, 0.1) is 0 Å². The van der Waals surface area contributed by atoms with Crippen LogP contribution in [0.15, 0.2) is 67.1 Å². The van der Waals surface area contributed by atoms with Crippen LogP contribution in [0.25, 0.3) is 0 Å². The Bertz CT molecular complexity index is 904. The van der Waals surface area contributed by atoms with E-state index in [9.17, 15) is 0 Å². The largest absolute Gasteiger partial charge is 0.487 e. The normalized spacial score (nSPS) is 11.2. The molecule has 134 valence electrons. The van der Waals surface area contributed by atoms with Gasteiger partial charge in [-0.15, -0.1) is 0 Å². The van der Waals surface area contributed by atoms with Gasteiger partial charge in [0.05, 0.1) is 31.8 Å². The summed E-state index contributed by atoms with van der Waals surface area (Å²) in [5.74, 6) is 1.53. The predicted molar refractivity (Wildman–Crippen MR) is 113 cm³/mol. The molecule has 0 saturated heterocycles. The van der Waals surface area contributed by atoms with Crippen LogP contribution < -0.4 is 4.74 Å². The lowest BCUT2D eigenvalue weighted by Crippen LogP contribution is -1.98. The minimum atomic E-state index is 0.375. The van der Waals surface area contributed by atoms with Gasteiger partial charge in [-0.2, -0.15) is 0 Å². The van der Waals surface area contributed by atoms with Crippen LogP contribution in [0.5, 0.6) is 5.75 Å². The molecule has 0 fully saturated rings. The van der Waals surface area contributed by atoms with Crippen molar-refractivity contribution in [2.45, 2.75) is 13.2 Å². The van der Waals surface area contributed by atoms with Crippen LogP contribution >= 0.6 is 55.1 Å². The summed E-state index contributed by atoms with van der Waals surface area (Å²) in [6.45, 7) is 0.873. The Morgan fingerprint density at radius 1 is 1.04 bits per heavy atom. The van der Waals surface area contributed by atoms with Gasteiger partial charge in [-0.25, -0.2) is 0 Å². The number of hydrogen-bond acceptors (Lipinski definition) is 3. The van der Waals surface area contributed by atoms with E-state index in [1.807, 2.05) is 30.3 Å². The molecule has 1 heterocycles. The molecule has 26 heavy (non-hydrogen) atoms. The summed E-state index contributed by atoms with van der Waals surface area (Å²) in [6.07, 6.45) is 3.43. The molecule has 0 amide bonds. The summed E-state index contributed by atoms with van der Waals surface area (Å²) in [5.41, 5.74) is 1.87.